The zero-order valence-corrected chi connectivity index (χ0v) is 29.6. The first-order valence-electron chi connectivity index (χ1n) is 16.0. The number of hydrogen-bond donors (Lipinski definition) is 0. The van der Waals surface area contributed by atoms with Crippen molar-refractivity contribution in [3.8, 4) is 11.5 Å². The molecule has 1 heterocycles. The number of rotatable bonds is 8. The van der Waals surface area contributed by atoms with E-state index in [1.807, 2.05) is 61.5 Å². The minimum atomic E-state index is -0.489. The number of allylic oxidation sites excluding steroid dienone is 4. The van der Waals surface area contributed by atoms with E-state index in [4.69, 9.17) is 21.1 Å². The summed E-state index contributed by atoms with van der Waals surface area (Å²) in [6.45, 7) is 11.9. The molecule has 0 aromatic heterocycles. The van der Waals surface area contributed by atoms with E-state index in [2.05, 4.69) is 60.7 Å². The van der Waals surface area contributed by atoms with Crippen molar-refractivity contribution in [3.63, 3.8) is 0 Å². The molecule has 240 valence electrons. The molecule has 0 atom stereocenters. The van der Waals surface area contributed by atoms with Crippen LogP contribution in [0.4, 0.5) is 0 Å². The van der Waals surface area contributed by atoms with Gasteiger partial charge in [0.2, 0.25) is 0 Å². The lowest BCUT2D eigenvalue weighted by Crippen LogP contribution is -2.44. The molecule has 0 N–H and O–H groups in total. The third-order valence-electron chi connectivity index (χ3n) is 9.20. The maximum atomic E-state index is 14.3. The van der Waals surface area contributed by atoms with Gasteiger partial charge in [-0.25, -0.2) is 0 Å². The fraction of sp³-hybridized carbons (Fsp3) is 0.385. The van der Waals surface area contributed by atoms with Crippen molar-refractivity contribution >= 4 is 39.1 Å². The van der Waals surface area contributed by atoms with Gasteiger partial charge in [-0.1, -0.05) is 87.8 Å². The number of Topliss-reactive ketones (excluding diaryl/α,β-unsaturated/α-hetero) is 2. The molecule has 46 heavy (non-hydrogen) atoms. The molecule has 0 fully saturated rings. The van der Waals surface area contributed by atoms with Crippen LogP contribution in [0.1, 0.15) is 82.9 Å². The first kappa shape index (κ1) is 32.6. The van der Waals surface area contributed by atoms with Crippen molar-refractivity contribution in [1.82, 2.24) is 4.90 Å². The van der Waals surface area contributed by atoms with Crippen LogP contribution in [0.25, 0.3) is 0 Å². The summed E-state index contributed by atoms with van der Waals surface area (Å²) in [4.78, 5) is 30.9. The molecule has 0 spiro atoms. The topological polar surface area (TPSA) is 55.8 Å². The predicted molar refractivity (Wildman–Crippen MR) is 186 cm³/mol. The molecule has 2 aliphatic carbocycles. The number of benzene rings is 3. The molecule has 5 nitrogen and oxygen atoms in total. The van der Waals surface area contributed by atoms with Crippen LogP contribution in [0.5, 0.6) is 11.5 Å². The van der Waals surface area contributed by atoms with Gasteiger partial charge in [0.05, 0.1) is 11.1 Å². The van der Waals surface area contributed by atoms with Crippen molar-refractivity contribution in [2.75, 3.05) is 6.61 Å². The van der Waals surface area contributed by atoms with Gasteiger partial charge in [-0.15, -0.1) is 0 Å². The van der Waals surface area contributed by atoms with Gasteiger partial charge in [0, 0.05) is 58.4 Å². The maximum Gasteiger partial charge on any atom is 0.175 e. The van der Waals surface area contributed by atoms with Crippen LogP contribution in [0, 0.1) is 10.8 Å². The Morgan fingerprint density at radius 2 is 1.41 bits per heavy atom. The lowest BCUT2D eigenvalue weighted by Gasteiger charge is -2.49. The average Bonchev–Trinajstić information content (AvgIpc) is 2.97. The lowest BCUT2D eigenvalue weighted by atomic mass is 9.63. The standard InChI is InChI=1S/C39H41BrClNO4/c1-6-45-33-17-26(16-27(40)37(33)46-23-25-14-10-11-15-28(25)41)34-35-29(18-38(2,3)20-31(35)43)42(22-24-12-8-7-9-13-24)30-19-39(4,5)21-32(44)36(30)34/h7-17,34H,6,18-23H2,1-5H3. The molecule has 6 rings (SSSR count). The van der Waals surface area contributed by atoms with Crippen molar-refractivity contribution < 1.29 is 19.1 Å². The smallest absolute Gasteiger partial charge is 0.175 e. The van der Waals surface area contributed by atoms with Crippen LogP contribution < -0.4 is 9.47 Å². The van der Waals surface area contributed by atoms with E-state index in [9.17, 15) is 9.59 Å². The molecule has 3 aromatic rings. The van der Waals surface area contributed by atoms with E-state index < -0.39 is 5.92 Å². The largest absolute Gasteiger partial charge is 0.490 e. The summed E-state index contributed by atoms with van der Waals surface area (Å²) in [5.74, 6) is 0.834. The van der Waals surface area contributed by atoms with Crippen LogP contribution in [-0.2, 0) is 22.7 Å². The SMILES string of the molecule is CCOc1cc(C2C3=C(CC(C)(C)CC3=O)N(Cc3ccccc3)C3=C2C(=O)CC(C)(C)C3)cc(Br)c1OCc1ccccc1Cl. The number of carbonyl (C=O) groups excluding carboxylic acids is 2. The maximum absolute atomic E-state index is 14.3. The van der Waals surface area contributed by atoms with E-state index in [0.717, 1.165) is 52.1 Å². The molecule has 0 saturated heterocycles. The zero-order valence-electron chi connectivity index (χ0n) is 27.2. The molecule has 7 heteroatoms. The van der Waals surface area contributed by atoms with Gasteiger partial charge in [-0.2, -0.15) is 0 Å². The number of halogens is 2. The molecule has 0 radical (unpaired) electrons. The van der Waals surface area contributed by atoms with Crippen molar-refractivity contribution in [3.05, 3.63) is 115 Å². The summed E-state index contributed by atoms with van der Waals surface area (Å²) in [6.07, 6.45) is 2.37. The van der Waals surface area contributed by atoms with E-state index in [-0.39, 0.29) is 29.0 Å². The Labute approximate surface area is 285 Å². The van der Waals surface area contributed by atoms with E-state index in [1.165, 1.54) is 0 Å². The van der Waals surface area contributed by atoms with E-state index in [1.54, 1.807) is 0 Å². The molecule has 0 unspecified atom stereocenters. The monoisotopic (exact) mass is 701 g/mol. The molecule has 0 amide bonds. The Morgan fingerprint density at radius 1 is 0.826 bits per heavy atom. The highest BCUT2D eigenvalue weighted by Gasteiger charge is 2.49. The Hall–Kier alpha value is -3.35. The summed E-state index contributed by atoms with van der Waals surface area (Å²) in [5.41, 5.74) is 6.00. The van der Waals surface area contributed by atoms with Crippen LogP contribution >= 0.6 is 27.5 Å². The van der Waals surface area contributed by atoms with Crippen LogP contribution in [0.2, 0.25) is 5.02 Å². The van der Waals surface area contributed by atoms with E-state index in [0.29, 0.717) is 47.0 Å². The van der Waals surface area contributed by atoms with Crippen molar-refractivity contribution in [2.45, 2.75) is 79.4 Å². The number of nitrogens with zero attached hydrogens (tertiary/aromatic N) is 1. The third kappa shape index (κ3) is 6.44. The second kappa shape index (κ2) is 12.7. The minimum absolute atomic E-state index is 0.103. The molecule has 0 bridgehead atoms. The number of ether oxygens (including phenoxy) is 2. The van der Waals surface area contributed by atoms with Crippen molar-refractivity contribution in [1.29, 1.82) is 0 Å². The second-order valence-electron chi connectivity index (χ2n) is 14.3. The Kier molecular flexibility index (Phi) is 8.99. The molecule has 3 aromatic carbocycles. The first-order chi connectivity index (χ1) is 21.9. The lowest BCUT2D eigenvalue weighted by molar-refractivity contribution is -0.119. The van der Waals surface area contributed by atoms with Gasteiger partial charge < -0.3 is 14.4 Å². The normalized spacial score (nSPS) is 19.2. The Morgan fingerprint density at radius 3 is 2.00 bits per heavy atom. The molecule has 0 saturated carbocycles. The summed E-state index contributed by atoms with van der Waals surface area (Å²) >= 11 is 10.2. The average molecular weight is 703 g/mol. The fourth-order valence-corrected chi connectivity index (χ4v) is 8.03. The summed E-state index contributed by atoms with van der Waals surface area (Å²) in [5, 5.41) is 0.631. The zero-order chi connectivity index (χ0) is 32.8. The van der Waals surface area contributed by atoms with Crippen molar-refractivity contribution in [2.24, 2.45) is 10.8 Å². The minimum Gasteiger partial charge on any atom is -0.490 e. The second-order valence-corrected chi connectivity index (χ2v) is 15.5. The summed E-state index contributed by atoms with van der Waals surface area (Å²) in [6, 6.07) is 21.9. The fourth-order valence-electron chi connectivity index (χ4n) is 7.26. The first-order valence-corrected chi connectivity index (χ1v) is 17.2. The van der Waals surface area contributed by atoms with Gasteiger partial charge in [0.15, 0.2) is 23.1 Å². The van der Waals surface area contributed by atoms with Gasteiger partial charge >= 0.3 is 0 Å². The van der Waals surface area contributed by atoms with Crippen LogP contribution in [-0.4, -0.2) is 23.1 Å². The highest BCUT2D eigenvalue weighted by molar-refractivity contribution is 9.10. The highest BCUT2D eigenvalue weighted by atomic mass is 79.9. The Balaban J connectivity index is 1.52. The number of carbonyl (C=O) groups is 2. The predicted octanol–water partition coefficient (Wildman–Crippen LogP) is 9.97. The third-order valence-corrected chi connectivity index (χ3v) is 10.2. The molecule has 3 aliphatic rings. The number of ketones is 2. The highest BCUT2D eigenvalue weighted by Crippen LogP contribution is 2.56. The molecular weight excluding hydrogens is 662 g/mol. The van der Waals surface area contributed by atoms with Gasteiger partial charge in [-0.05, 0) is 75.9 Å². The number of hydrogen-bond acceptors (Lipinski definition) is 5. The van der Waals surface area contributed by atoms with Crippen LogP contribution in [0.15, 0.2) is 93.7 Å². The van der Waals surface area contributed by atoms with E-state index >= 15 is 0 Å². The summed E-state index contributed by atoms with van der Waals surface area (Å²) in [7, 11) is 0. The van der Waals surface area contributed by atoms with Crippen LogP contribution in [0.3, 0.4) is 0 Å². The molecular formula is C39H41BrClNO4. The Bertz CT molecular complexity index is 1700. The quantitative estimate of drug-likeness (QED) is 0.234. The van der Waals surface area contributed by atoms with Gasteiger partial charge in [-0.3, -0.25) is 9.59 Å². The van der Waals surface area contributed by atoms with Gasteiger partial charge in [0.25, 0.3) is 0 Å². The van der Waals surface area contributed by atoms with Gasteiger partial charge in [0.1, 0.15) is 6.61 Å². The summed E-state index contributed by atoms with van der Waals surface area (Å²) < 4.78 is 13.2. The molecule has 1 aliphatic heterocycles.